The summed E-state index contributed by atoms with van der Waals surface area (Å²) in [5.41, 5.74) is 4.10. The van der Waals surface area contributed by atoms with Crippen molar-refractivity contribution < 1.29 is 19.4 Å². The van der Waals surface area contributed by atoms with E-state index in [1.165, 1.54) is 0 Å². The minimum atomic E-state index is -1.03. The SMILES string of the molecule is Cc1nn(CC(C)C)c(C)c1CCC(=O)NCc1cccc(OCC(=O)O)c1. The first-order chi connectivity index (χ1) is 13.3. The van der Waals surface area contributed by atoms with Crippen LogP contribution in [-0.2, 0) is 29.1 Å². The Labute approximate surface area is 165 Å². The van der Waals surface area contributed by atoms with Crippen molar-refractivity contribution in [2.24, 2.45) is 5.92 Å². The Balaban J connectivity index is 1.86. The Morgan fingerprint density at radius 1 is 1.29 bits per heavy atom. The molecule has 0 fully saturated rings. The highest BCUT2D eigenvalue weighted by Crippen LogP contribution is 2.17. The predicted molar refractivity (Wildman–Crippen MR) is 106 cm³/mol. The molecule has 2 N–H and O–H groups in total. The Morgan fingerprint density at radius 3 is 2.71 bits per heavy atom. The summed E-state index contributed by atoms with van der Waals surface area (Å²) in [5.74, 6) is -0.0735. The van der Waals surface area contributed by atoms with Crippen LogP contribution in [0.5, 0.6) is 5.75 Å². The molecule has 0 aliphatic carbocycles. The van der Waals surface area contributed by atoms with Crippen molar-refractivity contribution in [2.75, 3.05) is 6.61 Å². The minimum absolute atomic E-state index is 0.0349. The van der Waals surface area contributed by atoms with Crippen LogP contribution in [0, 0.1) is 19.8 Å². The monoisotopic (exact) mass is 387 g/mol. The normalized spacial score (nSPS) is 10.9. The number of hydrogen-bond acceptors (Lipinski definition) is 4. The van der Waals surface area contributed by atoms with Gasteiger partial charge in [0.25, 0.3) is 0 Å². The molecule has 1 aromatic heterocycles. The van der Waals surface area contributed by atoms with Crippen molar-refractivity contribution in [1.29, 1.82) is 0 Å². The molecule has 0 bridgehead atoms. The molecule has 0 unspecified atom stereocenters. The Hall–Kier alpha value is -2.83. The molecule has 28 heavy (non-hydrogen) atoms. The predicted octanol–water partition coefficient (Wildman–Crippen LogP) is 2.87. The maximum atomic E-state index is 12.2. The van der Waals surface area contributed by atoms with Crippen molar-refractivity contribution >= 4 is 11.9 Å². The molecule has 0 aliphatic heterocycles. The lowest BCUT2D eigenvalue weighted by molar-refractivity contribution is -0.139. The average Bonchev–Trinajstić information content (AvgIpc) is 2.89. The molecular weight excluding hydrogens is 358 g/mol. The van der Waals surface area contributed by atoms with Crippen molar-refractivity contribution in [1.82, 2.24) is 15.1 Å². The van der Waals surface area contributed by atoms with Crippen LogP contribution in [0.4, 0.5) is 0 Å². The Morgan fingerprint density at radius 2 is 2.04 bits per heavy atom. The number of amides is 1. The van der Waals surface area contributed by atoms with Gasteiger partial charge in [0.2, 0.25) is 5.91 Å². The molecule has 1 aromatic carbocycles. The van der Waals surface area contributed by atoms with Crippen LogP contribution in [0.1, 0.15) is 42.8 Å². The summed E-state index contributed by atoms with van der Waals surface area (Å²) in [4.78, 5) is 22.8. The smallest absolute Gasteiger partial charge is 0.341 e. The summed E-state index contributed by atoms with van der Waals surface area (Å²) < 4.78 is 7.18. The highest BCUT2D eigenvalue weighted by atomic mass is 16.5. The Bertz CT molecular complexity index is 827. The third-order valence-electron chi connectivity index (χ3n) is 4.42. The van der Waals surface area contributed by atoms with E-state index in [2.05, 4.69) is 31.2 Å². The van der Waals surface area contributed by atoms with Crippen LogP contribution >= 0.6 is 0 Å². The van der Waals surface area contributed by atoms with Crippen LogP contribution in [-0.4, -0.2) is 33.4 Å². The Kier molecular flexibility index (Phi) is 7.61. The molecule has 2 aromatic rings. The number of benzene rings is 1. The lowest BCUT2D eigenvalue weighted by Gasteiger charge is -2.09. The third-order valence-corrected chi connectivity index (χ3v) is 4.42. The molecule has 1 amide bonds. The number of hydrogen-bond donors (Lipinski definition) is 2. The van der Waals surface area contributed by atoms with Gasteiger partial charge in [-0.25, -0.2) is 4.79 Å². The van der Waals surface area contributed by atoms with Gasteiger partial charge in [-0.05, 0) is 49.4 Å². The summed E-state index contributed by atoms with van der Waals surface area (Å²) in [6.45, 7) is 9.21. The number of ether oxygens (including phenoxy) is 1. The van der Waals surface area contributed by atoms with E-state index in [0.717, 1.165) is 29.1 Å². The number of nitrogens with one attached hydrogen (secondary N) is 1. The molecule has 1 heterocycles. The van der Waals surface area contributed by atoms with E-state index in [1.807, 2.05) is 17.7 Å². The second kappa shape index (κ2) is 9.92. The second-order valence-corrected chi connectivity index (χ2v) is 7.33. The number of aryl methyl sites for hydroxylation is 1. The van der Waals surface area contributed by atoms with Gasteiger partial charge in [-0.15, -0.1) is 0 Å². The topological polar surface area (TPSA) is 93.5 Å². The molecule has 0 atom stereocenters. The number of aliphatic carboxylic acids is 1. The van der Waals surface area contributed by atoms with E-state index in [9.17, 15) is 9.59 Å². The van der Waals surface area contributed by atoms with E-state index in [-0.39, 0.29) is 12.5 Å². The van der Waals surface area contributed by atoms with Crippen LogP contribution in [0.15, 0.2) is 24.3 Å². The zero-order valence-electron chi connectivity index (χ0n) is 17.0. The van der Waals surface area contributed by atoms with Gasteiger partial charge in [-0.3, -0.25) is 9.48 Å². The fraction of sp³-hybridized carbons (Fsp3) is 0.476. The van der Waals surface area contributed by atoms with E-state index >= 15 is 0 Å². The highest BCUT2D eigenvalue weighted by Gasteiger charge is 2.14. The molecule has 0 saturated heterocycles. The largest absolute Gasteiger partial charge is 0.482 e. The van der Waals surface area contributed by atoms with Crippen molar-refractivity contribution in [3.05, 3.63) is 46.8 Å². The first-order valence-electron chi connectivity index (χ1n) is 9.49. The molecule has 7 nitrogen and oxygen atoms in total. The third kappa shape index (κ3) is 6.40. The van der Waals surface area contributed by atoms with Gasteiger partial charge in [0.15, 0.2) is 6.61 Å². The van der Waals surface area contributed by atoms with Crippen LogP contribution in [0.2, 0.25) is 0 Å². The van der Waals surface area contributed by atoms with Gasteiger partial charge in [0.05, 0.1) is 5.69 Å². The average molecular weight is 387 g/mol. The minimum Gasteiger partial charge on any atom is -0.482 e. The maximum Gasteiger partial charge on any atom is 0.341 e. The lowest BCUT2D eigenvalue weighted by Crippen LogP contribution is -2.23. The number of nitrogens with zero attached hydrogens (tertiary/aromatic N) is 2. The summed E-state index contributed by atoms with van der Waals surface area (Å²) >= 11 is 0. The summed E-state index contributed by atoms with van der Waals surface area (Å²) in [6.07, 6.45) is 1.05. The van der Waals surface area contributed by atoms with Gasteiger partial charge in [-0.1, -0.05) is 26.0 Å². The van der Waals surface area contributed by atoms with Gasteiger partial charge >= 0.3 is 5.97 Å². The van der Waals surface area contributed by atoms with Gasteiger partial charge in [-0.2, -0.15) is 5.10 Å². The maximum absolute atomic E-state index is 12.2. The second-order valence-electron chi connectivity index (χ2n) is 7.33. The molecular formula is C21H29N3O4. The number of carbonyl (C=O) groups excluding carboxylic acids is 1. The van der Waals surface area contributed by atoms with Gasteiger partial charge in [0.1, 0.15) is 5.75 Å². The van der Waals surface area contributed by atoms with E-state index < -0.39 is 5.97 Å². The molecule has 0 saturated carbocycles. The standard InChI is InChI=1S/C21H29N3O4/c1-14(2)12-24-16(4)19(15(3)23-24)8-9-20(25)22-11-17-6-5-7-18(10-17)28-13-21(26)27/h5-7,10,14H,8-9,11-13H2,1-4H3,(H,22,25)(H,26,27). The zero-order valence-corrected chi connectivity index (χ0v) is 17.0. The van der Waals surface area contributed by atoms with Crippen molar-refractivity contribution in [2.45, 2.75) is 53.6 Å². The number of carboxylic acids is 1. The summed E-state index contributed by atoms with van der Waals surface area (Å²) in [7, 11) is 0. The quantitative estimate of drug-likeness (QED) is 0.654. The zero-order chi connectivity index (χ0) is 20.7. The highest BCUT2D eigenvalue weighted by molar-refractivity contribution is 5.76. The molecule has 0 aliphatic rings. The molecule has 2 rings (SSSR count). The molecule has 0 spiro atoms. The van der Waals surface area contributed by atoms with Crippen LogP contribution in [0.25, 0.3) is 0 Å². The number of rotatable bonds is 10. The van der Waals surface area contributed by atoms with Gasteiger partial charge < -0.3 is 15.2 Å². The fourth-order valence-corrected chi connectivity index (χ4v) is 3.04. The van der Waals surface area contributed by atoms with Gasteiger partial charge in [0, 0.05) is 25.2 Å². The molecule has 7 heteroatoms. The van der Waals surface area contributed by atoms with Crippen molar-refractivity contribution in [3.8, 4) is 5.75 Å². The van der Waals surface area contributed by atoms with E-state index in [1.54, 1.807) is 18.2 Å². The summed E-state index contributed by atoms with van der Waals surface area (Å²) in [6, 6.07) is 7.05. The summed E-state index contributed by atoms with van der Waals surface area (Å²) in [5, 5.41) is 16.2. The fourth-order valence-electron chi connectivity index (χ4n) is 3.04. The lowest BCUT2D eigenvalue weighted by atomic mass is 10.1. The van der Waals surface area contributed by atoms with E-state index in [4.69, 9.17) is 9.84 Å². The van der Waals surface area contributed by atoms with E-state index in [0.29, 0.717) is 31.1 Å². The number of carbonyl (C=O) groups is 2. The number of aromatic nitrogens is 2. The molecule has 152 valence electrons. The molecule has 0 radical (unpaired) electrons. The van der Waals surface area contributed by atoms with Crippen LogP contribution in [0.3, 0.4) is 0 Å². The van der Waals surface area contributed by atoms with Crippen LogP contribution < -0.4 is 10.1 Å². The first-order valence-corrected chi connectivity index (χ1v) is 9.49. The van der Waals surface area contributed by atoms with Crippen molar-refractivity contribution in [3.63, 3.8) is 0 Å². The first kappa shape index (κ1) is 21.5. The number of carboxylic acid groups (broad SMARTS) is 1.